The Morgan fingerprint density at radius 3 is 1.39 bits per heavy atom. The fourth-order valence-corrected chi connectivity index (χ4v) is 5.43. The number of carbonyl (C=O) groups excluding carboxylic acids is 2. The van der Waals surface area contributed by atoms with Crippen molar-refractivity contribution in [3.05, 3.63) is 12.2 Å². The first-order valence-electron chi connectivity index (χ1n) is 18.0. The molecule has 0 aromatic rings. The fourth-order valence-electron chi connectivity index (χ4n) is 5.07. The molecular formula is C35H67O8P. The zero-order valence-corrected chi connectivity index (χ0v) is 29.2. The number of carbonyl (C=O) groups is 2. The topological polar surface area (TPSA) is 119 Å². The van der Waals surface area contributed by atoms with Crippen molar-refractivity contribution >= 4 is 19.8 Å². The Balaban J connectivity index is 3.94. The summed E-state index contributed by atoms with van der Waals surface area (Å²) in [6, 6.07) is 0. The molecule has 0 bridgehead atoms. The molecule has 44 heavy (non-hydrogen) atoms. The highest BCUT2D eigenvalue weighted by molar-refractivity contribution is 7.46. The van der Waals surface area contributed by atoms with Gasteiger partial charge in [-0.15, -0.1) is 0 Å². The van der Waals surface area contributed by atoms with Crippen LogP contribution in [0.3, 0.4) is 0 Å². The normalized spacial score (nSPS) is 12.5. The van der Waals surface area contributed by atoms with E-state index in [0.717, 1.165) is 44.9 Å². The number of phosphoric ester groups is 1. The van der Waals surface area contributed by atoms with Crippen LogP contribution in [-0.2, 0) is 28.2 Å². The van der Waals surface area contributed by atoms with E-state index >= 15 is 0 Å². The van der Waals surface area contributed by atoms with Gasteiger partial charge in [0.1, 0.15) is 6.61 Å². The zero-order chi connectivity index (χ0) is 32.6. The maximum atomic E-state index is 12.3. The summed E-state index contributed by atoms with van der Waals surface area (Å²) in [4.78, 5) is 42.5. The maximum absolute atomic E-state index is 12.3. The lowest BCUT2D eigenvalue weighted by Crippen LogP contribution is -2.29. The molecule has 8 nitrogen and oxygen atoms in total. The van der Waals surface area contributed by atoms with E-state index in [1.807, 2.05) is 0 Å². The summed E-state index contributed by atoms with van der Waals surface area (Å²) in [6.45, 7) is 3.64. The van der Waals surface area contributed by atoms with Crippen LogP contribution in [0.25, 0.3) is 0 Å². The number of allylic oxidation sites excluding steroid dienone is 2. The van der Waals surface area contributed by atoms with Crippen molar-refractivity contribution in [2.75, 3.05) is 13.2 Å². The third kappa shape index (κ3) is 33.7. The number of esters is 2. The Hall–Kier alpha value is -1.21. The molecule has 0 saturated carbocycles. The van der Waals surface area contributed by atoms with E-state index in [2.05, 4.69) is 30.5 Å². The second kappa shape index (κ2) is 31.8. The minimum atomic E-state index is -4.74. The van der Waals surface area contributed by atoms with Crippen molar-refractivity contribution < 1.29 is 37.9 Å². The van der Waals surface area contributed by atoms with Gasteiger partial charge in [0.2, 0.25) is 0 Å². The molecule has 0 spiro atoms. The van der Waals surface area contributed by atoms with Gasteiger partial charge in [-0.2, -0.15) is 0 Å². The smallest absolute Gasteiger partial charge is 0.462 e. The highest BCUT2D eigenvalue weighted by Gasteiger charge is 2.22. The second-order valence-corrected chi connectivity index (χ2v) is 13.4. The standard InChI is InChI=1S/C35H67O8P/c1-3-5-7-9-11-13-14-15-16-17-18-19-20-22-24-26-28-30-35(37)43-33(32-42-44(38,39)40)31-41-34(36)29-27-25-23-21-12-10-8-6-4-2/h15-16,33H,3-14,17-32H2,1-2H3,(H2,38,39,40)/b16-15-/t33-/m1/s1. The molecule has 1 atom stereocenters. The molecule has 0 saturated heterocycles. The highest BCUT2D eigenvalue weighted by atomic mass is 31.2. The van der Waals surface area contributed by atoms with Crippen molar-refractivity contribution in [2.24, 2.45) is 0 Å². The predicted molar refractivity (Wildman–Crippen MR) is 179 cm³/mol. The molecule has 260 valence electrons. The van der Waals surface area contributed by atoms with E-state index in [4.69, 9.17) is 19.3 Å². The van der Waals surface area contributed by atoms with Crippen LogP contribution in [0.4, 0.5) is 0 Å². The van der Waals surface area contributed by atoms with Gasteiger partial charge < -0.3 is 19.3 Å². The quantitative estimate of drug-likeness (QED) is 0.0313. The summed E-state index contributed by atoms with van der Waals surface area (Å²) in [7, 11) is -4.74. The molecule has 0 aromatic carbocycles. The van der Waals surface area contributed by atoms with Gasteiger partial charge in [-0.1, -0.05) is 142 Å². The average Bonchev–Trinajstić information content (AvgIpc) is 2.98. The minimum Gasteiger partial charge on any atom is -0.462 e. The molecule has 9 heteroatoms. The van der Waals surface area contributed by atoms with Gasteiger partial charge in [-0.05, 0) is 38.5 Å². The van der Waals surface area contributed by atoms with Crippen molar-refractivity contribution in [1.82, 2.24) is 0 Å². The summed E-state index contributed by atoms with van der Waals surface area (Å²) in [5.41, 5.74) is 0. The van der Waals surface area contributed by atoms with E-state index in [1.54, 1.807) is 0 Å². The first kappa shape index (κ1) is 42.8. The van der Waals surface area contributed by atoms with Crippen LogP contribution >= 0.6 is 7.82 Å². The van der Waals surface area contributed by atoms with Crippen molar-refractivity contribution in [3.63, 3.8) is 0 Å². The SMILES string of the molecule is CCCCCCCC/C=C\CCCCCCCCCC(=O)O[C@H](COC(=O)CCCCCCCCCCC)COP(=O)(O)O. The van der Waals surface area contributed by atoms with Gasteiger partial charge >= 0.3 is 19.8 Å². The summed E-state index contributed by atoms with van der Waals surface area (Å²) < 4.78 is 26.2. The molecule has 0 unspecified atom stereocenters. The molecule has 0 rings (SSSR count). The van der Waals surface area contributed by atoms with E-state index in [1.165, 1.54) is 103 Å². The molecule has 0 aromatic heterocycles. The van der Waals surface area contributed by atoms with E-state index < -0.39 is 32.5 Å². The largest absolute Gasteiger partial charge is 0.469 e. The van der Waals surface area contributed by atoms with Gasteiger partial charge in [0.25, 0.3) is 0 Å². The lowest BCUT2D eigenvalue weighted by molar-refractivity contribution is -0.161. The molecule has 0 heterocycles. The molecule has 0 aliphatic heterocycles. The lowest BCUT2D eigenvalue weighted by atomic mass is 10.1. The van der Waals surface area contributed by atoms with Crippen LogP contribution in [0.5, 0.6) is 0 Å². The van der Waals surface area contributed by atoms with Crippen molar-refractivity contribution in [2.45, 2.75) is 187 Å². The molecule has 0 fully saturated rings. The summed E-state index contributed by atoms with van der Waals surface area (Å²) in [6.07, 6.45) is 32.2. The molecule has 0 amide bonds. The second-order valence-electron chi connectivity index (χ2n) is 12.2. The number of hydrogen-bond acceptors (Lipinski definition) is 6. The number of phosphoric acid groups is 1. The molecular weight excluding hydrogens is 579 g/mol. The molecule has 0 aliphatic rings. The van der Waals surface area contributed by atoms with Crippen LogP contribution in [0.1, 0.15) is 181 Å². The van der Waals surface area contributed by atoms with Crippen LogP contribution in [0.15, 0.2) is 12.2 Å². The Morgan fingerprint density at radius 2 is 0.955 bits per heavy atom. The van der Waals surface area contributed by atoms with Crippen molar-refractivity contribution in [1.29, 1.82) is 0 Å². The number of unbranched alkanes of at least 4 members (excludes halogenated alkanes) is 21. The third-order valence-electron chi connectivity index (χ3n) is 7.78. The monoisotopic (exact) mass is 646 g/mol. The Kier molecular flexibility index (Phi) is 30.9. The van der Waals surface area contributed by atoms with Crippen LogP contribution < -0.4 is 0 Å². The average molecular weight is 647 g/mol. The molecule has 2 N–H and O–H groups in total. The van der Waals surface area contributed by atoms with Gasteiger partial charge in [-0.25, -0.2) is 4.57 Å². The number of rotatable bonds is 33. The molecule has 0 aliphatic carbocycles. The van der Waals surface area contributed by atoms with E-state index in [-0.39, 0.29) is 19.4 Å². The first-order chi connectivity index (χ1) is 21.3. The van der Waals surface area contributed by atoms with Gasteiger partial charge in [-0.3, -0.25) is 14.1 Å². The van der Waals surface area contributed by atoms with Crippen LogP contribution in [0.2, 0.25) is 0 Å². The Labute approximate surface area is 269 Å². The number of ether oxygens (including phenoxy) is 2. The predicted octanol–water partition coefficient (Wildman–Crippen LogP) is 10.3. The summed E-state index contributed by atoms with van der Waals surface area (Å²) in [5, 5.41) is 0. The lowest BCUT2D eigenvalue weighted by Gasteiger charge is -2.18. The number of hydrogen-bond donors (Lipinski definition) is 2. The fraction of sp³-hybridized carbons (Fsp3) is 0.886. The van der Waals surface area contributed by atoms with Crippen molar-refractivity contribution in [3.8, 4) is 0 Å². The molecule has 0 radical (unpaired) electrons. The summed E-state index contributed by atoms with van der Waals surface area (Å²) in [5.74, 6) is -0.888. The Bertz CT molecular complexity index is 736. The van der Waals surface area contributed by atoms with Crippen LogP contribution in [-0.4, -0.2) is 41.0 Å². The van der Waals surface area contributed by atoms with E-state index in [9.17, 15) is 14.2 Å². The first-order valence-corrected chi connectivity index (χ1v) is 19.5. The van der Waals surface area contributed by atoms with Crippen LogP contribution in [0, 0.1) is 0 Å². The summed E-state index contributed by atoms with van der Waals surface area (Å²) >= 11 is 0. The van der Waals surface area contributed by atoms with Gasteiger partial charge in [0, 0.05) is 12.8 Å². The third-order valence-corrected chi connectivity index (χ3v) is 8.27. The Morgan fingerprint density at radius 1 is 0.568 bits per heavy atom. The van der Waals surface area contributed by atoms with E-state index in [0.29, 0.717) is 6.42 Å². The zero-order valence-electron chi connectivity index (χ0n) is 28.3. The highest BCUT2D eigenvalue weighted by Crippen LogP contribution is 2.36. The maximum Gasteiger partial charge on any atom is 0.469 e. The van der Waals surface area contributed by atoms with Gasteiger partial charge in [0.05, 0.1) is 6.61 Å². The minimum absolute atomic E-state index is 0.211. The van der Waals surface area contributed by atoms with Gasteiger partial charge in [0.15, 0.2) is 6.10 Å².